The first-order valence-electron chi connectivity index (χ1n) is 8.97. The minimum Gasteiger partial charge on any atom is -0.483 e. The quantitative estimate of drug-likeness (QED) is 0.495. The Kier molecular flexibility index (Phi) is 6.20. The van der Waals surface area contributed by atoms with E-state index in [1.807, 2.05) is 41.8 Å². The monoisotopic (exact) mass is 458 g/mol. The maximum absolute atomic E-state index is 12.3. The summed E-state index contributed by atoms with van der Waals surface area (Å²) < 4.78 is 6.81. The van der Waals surface area contributed by atoms with Gasteiger partial charge in [-0.1, -0.05) is 66.5 Å². The average Bonchev–Trinajstić information content (AvgIpc) is 3.08. The number of aryl methyl sites for hydroxylation is 1. The van der Waals surface area contributed by atoms with Gasteiger partial charge in [0.25, 0.3) is 5.91 Å². The third-order valence-corrected chi connectivity index (χ3v) is 5.42. The number of anilines is 1. The van der Waals surface area contributed by atoms with Crippen LogP contribution in [0.4, 0.5) is 5.13 Å². The maximum Gasteiger partial charge on any atom is 0.264 e. The van der Waals surface area contributed by atoms with E-state index in [1.165, 1.54) is 16.9 Å². The Morgan fingerprint density at radius 3 is 2.71 bits per heavy atom. The number of benzene rings is 2. The van der Waals surface area contributed by atoms with Crippen LogP contribution in [-0.4, -0.2) is 17.5 Å². The van der Waals surface area contributed by atoms with Gasteiger partial charge in [0, 0.05) is 15.4 Å². The number of nitrogens with one attached hydrogen (secondary N) is 1. The van der Waals surface area contributed by atoms with Crippen molar-refractivity contribution in [2.24, 2.45) is 0 Å². The van der Waals surface area contributed by atoms with Crippen molar-refractivity contribution in [2.75, 3.05) is 11.9 Å². The zero-order valence-electron chi connectivity index (χ0n) is 16.4. The van der Waals surface area contributed by atoms with Crippen LogP contribution in [0.25, 0.3) is 11.3 Å². The zero-order valence-corrected chi connectivity index (χ0v) is 18.8. The van der Waals surface area contributed by atoms with Gasteiger partial charge in [0.15, 0.2) is 11.7 Å². The molecule has 0 aliphatic heterocycles. The van der Waals surface area contributed by atoms with Gasteiger partial charge in [-0.05, 0) is 36.1 Å². The number of ether oxygens (including phenoxy) is 1. The highest BCUT2D eigenvalue weighted by Gasteiger charge is 2.20. The Hall–Kier alpha value is -2.18. The van der Waals surface area contributed by atoms with Gasteiger partial charge >= 0.3 is 0 Å². The minimum absolute atomic E-state index is 0.0576. The number of rotatable bonds is 5. The first-order valence-corrected chi connectivity index (χ1v) is 10.6. The van der Waals surface area contributed by atoms with Crippen LogP contribution in [0.5, 0.6) is 5.75 Å². The van der Waals surface area contributed by atoms with Crippen LogP contribution in [0.1, 0.15) is 31.9 Å². The Balaban J connectivity index is 1.65. The lowest BCUT2D eigenvalue weighted by molar-refractivity contribution is -0.118. The van der Waals surface area contributed by atoms with Gasteiger partial charge in [0.2, 0.25) is 0 Å². The number of carbonyl (C=O) groups is 1. The Labute approximate surface area is 178 Å². The molecule has 0 unspecified atom stereocenters. The molecule has 1 N–H and O–H groups in total. The van der Waals surface area contributed by atoms with Gasteiger partial charge in [0.05, 0.1) is 5.69 Å². The molecular formula is C22H23BrN2O2S. The smallest absolute Gasteiger partial charge is 0.264 e. The number of carbonyl (C=O) groups excluding carboxylic acids is 1. The van der Waals surface area contributed by atoms with Gasteiger partial charge in [0.1, 0.15) is 5.75 Å². The first-order chi connectivity index (χ1) is 13.2. The predicted octanol–water partition coefficient (Wildman–Crippen LogP) is 6.20. The number of hydrogen-bond acceptors (Lipinski definition) is 4. The van der Waals surface area contributed by atoms with Crippen molar-refractivity contribution in [1.29, 1.82) is 0 Å². The third kappa shape index (κ3) is 5.20. The SMILES string of the molecule is Cc1ccc(OCC(=O)Nc2nc(-c3cccc(Br)c3)cs2)c(C(C)(C)C)c1. The van der Waals surface area contributed by atoms with Crippen LogP contribution in [0, 0.1) is 6.92 Å². The predicted molar refractivity (Wildman–Crippen MR) is 119 cm³/mol. The summed E-state index contributed by atoms with van der Waals surface area (Å²) in [5.74, 6) is 0.512. The lowest BCUT2D eigenvalue weighted by Gasteiger charge is -2.23. The van der Waals surface area contributed by atoms with E-state index in [4.69, 9.17) is 4.74 Å². The van der Waals surface area contributed by atoms with Crippen molar-refractivity contribution in [3.63, 3.8) is 0 Å². The molecule has 0 saturated heterocycles. The molecule has 1 heterocycles. The topological polar surface area (TPSA) is 51.2 Å². The molecule has 0 spiro atoms. The van der Waals surface area contributed by atoms with Crippen LogP contribution < -0.4 is 10.1 Å². The highest BCUT2D eigenvalue weighted by molar-refractivity contribution is 9.10. The molecule has 0 fully saturated rings. The minimum atomic E-state index is -0.226. The summed E-state index contributed by atoms with van der Waals surface area (Å²) in [6, 6.07) is 13.9. The molecule has 0 bridgehead atoms. The van der Waals surface area contributed by atoms with Gasteiger partial charge in [-0.15, -0.1) is 11.3 Å². The molecule has 3 aromatic rings. The fraction of sp³-hybridized carbons (Fsp3) is 0.273. The van der Waals surface area contributed by atoms with E-state index in [0.29, 0.717) is 5.13 Å². The molecule has 6 heteroatoms. The number of aromatic nitrogens is 1. The molecule has 2 aromatic carbocycles. The fourth-order valence-electron chi connectivity index (χ4n) is 2.77. The zero-order chi connectivity index (χ0) is 20.3. The van der Waals surface area contributed by atoms with E-state index < -0.39 is 0 Å². The molecule has 0 aliphatic carbocycles. The summed E-state index contributed by atoms with van der Waals surface area (Å²) in [5, 5.41) is 5.30. The van der Waals surface area contributed by atoms with Gasteiger partial charge in [-0.3, -0.25) is 10.1 Å². The van der Waals surface area contributed by atoms with E-state index in [9.17, 15) is 4.79 Å². The number of halogens is 1. The largest absolute Gasteiger partial charge is 0.483 e. The summed E-state index contributed by atoms with van der Waals surface area (Å²) in [6.07, 6.45) is 0. The highest BCUT2D eigenvalue weighted by atomic mass is 79.9. The summed E-state index contributed by atoms with van der Waals surface area (Å²) in [5.41, 5.74) is 4.02. The van der Waals surface area contributed by atoms with Crippen molar-refractivity contribution in [3.8, 4) is 17.0 Å². The van der Waals surface area contributed by atoms with Crippen LogP contribution >= 0.6 is 27.3 Å². The summed E-state index contributed by atoms with van der Waals surface area (Å²) >= 11 is 4.86. The maximum atomic E-state index is 12.3. The van der Waals surface area contributed by atoms with E-state index in [1.54, 1.807) is 0 Å². The van der Waals surface area contributed by atoms with Crippen molar-refractivity contribution >= 4 is 38.3 Å². The van der Waals surface area contributed by atoms with Crippen LogP contribution in [0.2, 0.25) is 0 Å². The Morgan fingerprint density at radius 1 is 1.21 bits per heavy atom. The highest BCUT2D eigenvalue weighted by Crippen LogP contribution is 2.32. The normalized spacial score (nSPS) is 11.3. The van der Waals surface area contributed by atoms with Gasteiger partial charge < -0.3 is 4.74 Å². The van der Waals surface area contributed by atoms with Crippen LogP contribution in [0.3, 0.4) is 0 Å². The Bertz CT molecular complexity index is 992. The standard InChI is InChI=1S/C22H23BrN2O2S/c1-14-8-9-19(17(10-14)22(2,3)4)27-12-20(26)25-21-24-18(13-28-21)15-6-5-7-16(23)11-15/h5-11,13H,12H2,1-4H3,(H,24,25,26). The van der Waals surface area contributed by atoms with E-state index in [0.717, 1.165) is 27.0 Å². The second kappa shape index (κ2) is 8.45. The lowest BCUT2D eigenvalue weighted by atomic mass is 9.85. The molecule has 0 saturated carbocycles. The summed E-state index contributed by atoms with van der Waals surface area (Å²) in [6.45, 7) is 8.39. The number of nitrogens with zero attached hydrogens (tertiary/aromatic N) is 1. The molecular weight excluding hydrogens is 436 g/mol. The van der Waals surface area contributed by atoms with Crippen molar-refractivity contribution in [2.45, 2.75) is 33.1 Å². The molecule has 4 nitrogen and oxygen atoms in total. The number of thiazole rings is 1. The molecule has 146 valence electrons. The van der Waals surface area contributed by atoms with Gasteiger partial charge in [-0.2, -0.15) is 0 Å². The van der Waals surface area contributed by atoms with Crippen LogP contribution in [0.15, 0.2) is 52.3 Å². The average molecular weight is 459 g/mol. The van der Waals surface area contributed by atoms with Gasteiger partial charge in [-0.25, -0.2) is 4.98 Å². The molecule has 28 heavy (non-hydrogen) atoms. The van der Waals surface area contributed by atoms with Crippen molar-refractivity contribution in [3.05, 3.63) is 63.4 Å². The molecule has 3 rings (SSSR count). The lowest BCUT2D eigenvalue weighted by Crippen LogP contribution is -2.22. The molecule has 1 aromatic heterocycles. The molecule has 0 atom stereocenters. The van der Waals surface area contributed by atoms with E-state index in [-0.39, 0.29) is 17.9 Å². The van der Waals surface area contributed by atoms with E-state index in [2.05, 4.69) is 60.0 Å². The van der Waals surface area contributed by atoms with E-state index >= 15 is 0 Å². The van der Waals surface area contributed by atoms with Crippen molar-refractivity contribution in [1.82, 2.24) is 4.98 Å². The summed E-state index contributed by atoms with van der Waals surface area (Å²) in [7, 11) is 0. The molecule has 1 amide bonds. The Morgan fingerprint density at radius 2 is 2.00 bits per heavy atom. The van der Waals surface area contributed by atoms with Crippen LogP contribution in [-0.2, 0) is 10.2 Å². The fourth-order valence-corrected chi connectivity index (χ4v) is 3.90. The number of amides is 1. The second-order valence-electron chi connectivity index (χ2n) is 7.63. The first kappa shape index (κ1) is 20.6. The summed E-state index contributed by atoms with van der Waals surface area (Å²) in [4.78, 5) is 16.8. The molecule has 0 radical (unpaired) electrons. The number of hydrogen-bond donors (Lipinski definition) is 1. The van der Waals surface area contributed by atoms with Crippen molar-refractivity contribution < 1.29 is 9.53 Å². The second-order valence-corrected chi connectivity index (χ2v) is 9.41. The molecule has 0 aliphatic rings. The third-order valence-electron chi connectivity index (χ3n) is 4.17.